The van der Waals surface area contributed by atoms with E-state index in [4.69, 9.17) is 10.5 Å². The van der Waals surface area contributed by atoms with Gasteiger partial charge < -0.3 is 10.5 Å². The minimum Gasteiger partial charge on any atom is -0.465 e. The molecular formula is C18H29NO3S. The van der Waals surface area contributed by atoms with Crippen LogP contribution in [0.1, 0.15) is 47.5 Å². The van der Waals surface area contributed by atoms with Gasteiger partial charge in [-0.05, 0) is 31.3 Å². The molecule has 2 N–H and O–H groups in total. The standard InChI is InChI=1S/C18H29NO3S/c1-6-22-17(21)14(19)11-23-13(3)10-15(20)16-12(2)8-7-9-18(16,4)5/h7-8,13-14H,6,9-11,19H2,1-5H3. The van der Waals surface area contributed by atoms with E-state index in [9.17, 15) is 9.59 Å². The van der Waals surface area contributed by atoms with Gasteiger partial charge in [0.25, 0.3) is 0 Å². The first-order valence-electron chi connectivity index (χ1n) is 8.14. The fourth-order valence-corrected chi connectivity index (χ4v) is 3.80. The topological polar surface area (TPSA) is 69.4 Å². The lowest BCUT2D eigenvalue weighted by Gasteiger charge is -2.31. The first kappa shape index (κ1) is 20.0. The molecule has 0 spiro atoms. The zero-order valence-electron chi connectivity index (χ0n) is 14.8. The van der Waals surface area contributed by atoms with E-state index in [0.717, 1.165) is 17.6 Å². The summed E-state index contributed by atoms with van der Waals surface area (Å²) in [6.07, 6.45) is 5.51. The van der Waals surface area contributed by atoms with Crippen LogP contribution in [-0.4, -0.2) is 35.4 Å². The van der Waals surface area contributed by atoms with Crippen LogP contribution in [0.4, 0.5) is 0 Å². The summed E-state index contributed by atoms with van der Waals surface area (Å²) in [5.41, 5.74) is 7.68. The number of ketones is 1. The van der Waals surface area contributed by atoms with Crippen molar-refractivity contribution >= 4 is 23.5 Å². The summed E-state index contributed by atoms with van der Waals surface area (Å²) in [6, 6.07) is -0.632. The maximum atomic E-state index is 12.7. The number of Topliss-reactive ketones (excluding diaryl/α,β-unsaturated/α-hetero) is 1. The Balaban J connectivity index is 2.57. The number of carbonyl (C=O) groups excluding carboxylic acids is 2. The summed E-state index contributed by atoms with van der Waals surface area (Å²) in [5.74, 6) is 0.284. The van der Waals surface area contributed by atoms with Crippen molar-refractivity contribution < 1.29 is 14.3 Å². The molecule has 0 fully saturated rings. The third-order valence-corrected chi connectivity index (χ3v) is 5.26. The predicted molar refractivity (Wildman–Crippen MR) is 96.4 cm³/mol. The van der Waals surface area contributed by atoms with E-state index in [0.29, 0.717) is 18.8 Å². The molecule has 0 saturated heterocycles. The highest BCUT2D eigenvalue weighted by Gasteiger charge is 2.31. The molecule has 130 valence electrons. The molecule has 2 unspecified atom stereocenters. The van der Waals surface area contributed by atoms with Gasteiger partial charge in [-0.25, -0.2) is 0 Å². The first-order valence-corrected chi connectivity index (χ1v) is 9.18. The number of thioether (sulfide) groups is 1. The van der Waals surface area contributed by atoms with Crippen LogP contribution in [-0.2, 0) is 14.3 Å². The summed E-state index contributed by atoms with van der Waals surface area (Å²) in [5, 5.41) is 0.116. The van der Waals surface area contributed by atoms with Crippen molar-refractivity contribution in [3.05, 3.63) is 23.3 Å². The maximum Gasteiger partial charge on any atom is 0.323 e. The number of esters is 1. The highest BCUT2D eigenvalue weighted by atomic mass is 32.2. The fourth-order valence-electron chi connectivity index (χ4n) is 2.85. The molecule has 5 heteroatoms. The minimum atomic E-state index is -0.632. The molecule has 1 aliphatic rings. The third kappa shape index (κ3) is 5.81. The van der Waals surface area contributed by atoms with E-state index in [1.807, 2.05) is 19.9 Å². The molecular weight excluding hydrogens is 310 g/mol. The Kier molecular flexibility index (Phi) is 7.55. The van der Waals surface area contributed by atoms with Crippen LogP contribution in [0.25, 0.3) is 0 Å². The summed E-state index contributed by atoms with van der Waals surface area (Å²) < 4.78 is 4.89. The molecule has 1 aliphatic carbocycles. The number of ether oxygens (including phenoxy) is 1. The summed E-state index contributed by atoms with van der Waals surface area (Å²) in [6.45, 7) is 10.3. The van der Waals surface area contributed by atoms with Crippen molar-refractivity contribution in [2.24, 2.45) is 11.1 Å². The minimum absolute atomic E-state index is 0.109. The Hall–Kier alpha value is -1.07. The first-order chi connectivity index (χ1) is 10.7. The van der Waals surface area contributed by atoms with Crippen LogP contribution in [0.5, 0.6) is 0 Å². The average Bonchev–Trinajstić information content (AvgIpc) is 2.43. The monoisotopic (exact) mass is 339 g/mol. The van der Waals surface area contributed by atoms with Gasteiger partial charge in [-0.15, -0.1) is 0 Å². The second kappa shape index (κ2) is 8.69. The van der Waals surface area contributed by atoms with Crippen molar-refractivity contribution in [2.45, 2.75) is 58.8 Å². The largest absolute Gasteiger partial charge is 0.465 e. The highest BCUT2D eigenvalue weighted by molar-refractivity contribution is 7.99. The molecule has 0 aromatic heterocycles. The lowest BCUT2D eigenvalue weighted by molar-refractivity contribution is -0.144. The zero-order chi connectivity index (χ0) is 17.6. The molecule has 23 heavy (non-hydrogen) atoms. The molecule has 0 heterocycles. The molecule has 0 aromatic rings. The lowest BCUT2D eigenvalue weighted by Crippen LogP contribution is -2.35. The van der Waals surface area contributed by atoms with Gasteiger partial charge in [0, 0.05) is 23.0 Å². The molecule has 0 saturated carbocycles. The van der Waals surface area contributed by atoms with Crippen LogP contribution in [0.3, 0.4) is 0 Å². The Labute approximate surface area is 143 Å². The van der Waals surface area contributed by atoms with E-state index < -0.39 is 6.04 Å². The zero-order valence-corrected chi connectivity index (χ0v) is 15.7. The normalized spacial score (nSPS) is 19.4. The number of nitrogens with two attached hydrogens (primary N) is 1. The third-order valence-electron chi connectivity index (χ3n) is 3.97. The molecule has 2 atom stereocenters. The molecule has 4 nitrogen and oxygen atoms in total. The van der Waals surface area contributed by atoms with Crippen molar-refractivity contribution in [2.75, 3.05) is 12.4 Å². The van der Waals surface area contributed by atoms with Crippen LogP contribution >= 0.6 is 11.8 Å². The lowest BCUT2D eigenvalue weighted by atomic mass is 9.73. The van der Waals surface area contributed by atoms with E-state index >= 15 is 0 Å². The van der Waals surface area contributed by atoms with Crippen molar-refractivity contribution in [3.63, 3.8) is 0 Å². The van der Waals surface area contributed by atoms with Crippen LogP contribution in [0.2, 0.25) is 0 Å². The van der Waals surface area contributed by atoms with Gasteiger partial charge in [0.15, 0.2) is 5.78 Å². The molecule has 0 amide bonds. The number of hydrogen-bond acceptors (Lipinski definition) is 5. The van der Waals surface area contributed by atoms with Gasteiger partial charge in [0.05, 0.1) is 6.61 Å². The van der Waals surface area contributed by atoms with Gasteiger partial charge >= 0.3 is 5.97 Å². The van der Waals surface area contributed by atoms with Gasteiger partial charge in [-0.1, -0.05) is 32.9 Å². The van der Waals surface area contributed by atoms with Crippen molar-refractivity contribution in [1.82, 2.24) is 0 Å². The van der Waals surface area contributed by atoms with Gasteiger partial charge in [0.1, 0.15) is 6.04 Å². The summed E-state index contributed by atoms with van der Waals surface area (Å²) >= 11 is 1.55. The van der Waals surface area contributed by atoms with Gasteiger partial charge in [-0.2, -0.15) is 11.8 Å². The quantitative estimate of drug-likeness (QED) is 0.687. The second-order valence-electron chi connectivity index (χ2n) is 6.68. The number of rotatable bonds is 8. The fraction of sp³-hybridized carbons (Fsp3) is 0.667. The number of allylic oxidation sites excluding steroid dienone is 4. The van der Waals surface area contributed by atoms with Crippen molar-refractivity contribution in [3.8, 4) is 0 Å². The number of carbonyl (C=O) groups is 2. The van der Waals surface area contributed by atoms with E-state index in [2.05, 4.69) is 19.9 Å². The number of hydrogen-bond donors (Lipinski definition) is 1. The summed E-state index contributed by atoms with van der Waals surface area (Å²) in [7, 11) is 0. The maximum absolute atomic E-state index is 12.7. The molecule has 0 bridgehead atoms. The second-order valence-corrected chi connectivity index (χ2v) is 8.15. The Morgan fingerprint density at radius 2 is 2.09 bits per heavy atom. The smallest absolute Gasteiger partial charge is 0.323 e. The van der Waals surface area contributed by atoms with Crippen LogP contribution in [0, 0.1) is 5.41 Å². The summed E-state index contributed by atoms with van der Waals surface area (Å²) in [4.78, 5) is 24.2. The van der Waals surface area contributed by atoms with E-state index in [1.165, 1.54) is 0 Å². The van der Waals surface area contributed by atoms with Crippen LogP contribution in [0.15, 0.2) is 23.3 Å². The van der Waals surface area contributed by atoms with Crippen LogP contribution < -0.4 is 5.73 Å². The Morgan fingerprint density at radius 1 is 1.43 bits per heavy atom. The van der Waals surface area contributed by atoms with Crippen molar-refractivity contribution in [1.29, 1.82) is 0 Å². The highest BCUT2D eigenvalue weighted by Crippen LogP contribution is 2.38. The van der Waals surface area contributed by atoms with Gasteiger partial charge in [0.2, 0.25) is 0 Å². The Morgan fingerprint density at radius 3 is 2.65 bits per heavy atom. The molecule has 0 radical (unpaired) electrons. The SMILES string of the molecule is CCOC(=O)C(N)CSC(C)CC(=O)C1=C(C)C=CCC1(C)C. The average molecular weight is 340 g/mol. The molecule has 0 aliphatic heterocycles. The molecule has 1 rings (SSSR count). The Bertz CT molecular complexity index is 508. The predicted octanol–water partition coefficient (Wildman–Crippen LogP) is 3.26. The van der Waals surface area contributed by atoms with Gasteiger partial charge in [-0.3, -0.25) is 9.59 Å². The van der Waals surface area contributed by atoms with E-state index in [1.54, 1.807) is 18.7 Å². The molecule has 0 aromatic carbocycles. The van der Waals surface area contributed by atoms with E-state index in [-0.39, 0.29) is 22.4 Å².